The van der Waals surface area contributed by atoms with Gasteiger partial charge in [-0.1, -0.05) is 19.9 Å². The van der Waals surface area contributed by atoms with Crippen molar-refractivity contribution in [1.29, 1.82) is 0 Å². The standard InChI is InChI=1S/C7H12O2.Mg.2H/c1-3-5-6(4-2)7(8)9;;;/h5H,3-4H2,1-2H3,(H,8,9);;;. The van der Waals surface area contributed by atoms with E-state index in [0.29, 0.717) is 12.0 Å². The Morgan fingerprint density at radius 1 is 1.50 bits per heavy atom. The third kappa shape index (κ3) is 4.82. The zero-order valence-electron chi connectivity index (χ0n) is 5.85. The Bertz CT molecular complexity index is 130. The summed E-state index contributed by atoms with van der Waals surface area (Å²) < 4.78 is 0. The van der Waals surface area contributed by atoms with Crippen molar-refractivity contribution in [2.24, 2.45) is 0 Å². The van der Waals surface area contributed by atoms with Crippen LogP contribution >= 0.6 is 0 Å². The van der Waals surface area contributed by atoms with Crippen LogP contribution in [0.2, 0.25) is 0 Å². The average molecular weight is 154 g/mol. The molecule has 56 valence electrons. The van der Waals surface area contributed by atoms with Crippen molar-refractivity contribution >= 4 is 29.0 Å². The maximum absolute atomic E-state index is 10.3. The average Bonchev–Trinajstić information content (AvgIpc) is 1.82. The quantitative estimate of drug-likeness (QED) is 0.485. The molecular weight excluding hydrogens is 140 g/mol. The molecule has 0 saturated heterocycles. The molecule has 0 fully saturated rings. The molecule has 0 radical (unpaired) electrons. The molecule has 0 heterocycles. The highest BCUT2D eigenvalue weighted by Gasteiger charge is 2.00. The normalized spacial score (nSPS) is 10.4. The van der Waals surface area contributed by atoms with Crippen molar-refractivity contribution in [3.8, 4) is 0 Å². The van der Waals surface area contributed by atoms with Gasteiger partial charge in [-0.3, -0.25) is 0 Å². The van der Waals surface area contributed by atoms with Gasteiger partial charge in [0.25, 0.3) is 0 Å². The molecule has 0 saturated carbocycles. The number of carboxylic acid groups (broad SMARTS) is 1. The molecule has 3 heteroatoms. The van der Waals surface area contributed by atoms with Crippen LogP contribution in [0.15, 0.2) is 11.6 Å². The van der Waals surface area contributed by atoms with Crippen molar-refractivity contribution in [2.45, 2.75) is 26.7 Å². The number of hydrogen-bond donors (Lipinski definition) is 1. The summed E-state index contributed by atoms with van der Waals surface area (Å²) in [6, 6.07) is 0. The van der Waals surface area contributed by atoms with Gasteiger partial charge >= 0.3 is 29.0 Å². The molecule has 0 rings (SSSR count). The van der Waals surface area contributed by atoms with Crippen molar-refractivity contribution < 1.29 is 9.90 Å². The van der Waals surface area contributed by atoms with Gasteiger partial charge in [0, 0.05) is 5.57 Å². The largest absolute Gasteiger partial charge is 0.478 e. The van der Waals surface area contributed by atoms with Gasteiger partial charge in [-0.2, -0.15) is 0 Å². The molecule has 0 aliphatic heterocycles. The molecule has 0 aromatic rings. The summed E-state index contributed by atoms with van der Waals surface area (Å²) in [6.45, 7) is 3.77. The lowest BCUT2D eigenvalue weighted by Gasteiger charge is -1.93. The van der Waals surface area contributed by atoms with Crippen LogP contribution < -0.4 is 0 Å². The third-order valence-electron chi connectivity index (χ3n) is 1.11. The fourth-order valence-corrected chi connectivity index (χ4v) is 0.629. The van der Waals surface area contributed by atoms with Crippen molar-refractivity contribution in [1.82, 2.24) is 0 Å². The van der Waals surface area contributed by atoms with Gasteiger partial charge in [0.1, 0.15) is 0 Å². The zero-order chi connectivity index (χ0) is 7.28. The fraction of sp³-hybridized carbons (Fsp3) is 0.571. The predicted octanol–water partition coefficient (Wildman–Crippen LogP) is 0.901. The second kappa shape index (κ2) is 7.09. The lowest BCUT2D eigenvalue weighted by atomic mass is 10.2. The van der Waals surface area contributed by atoms with Gasteiger partial charge in [0.15, 0.2) is 0 Å². The summed E-state index contributed by atoms with van der Waals surface area (Å²) in [4.78, 5) is 10.3. The molecule has 0 aliphatic rings. The van der Waals surface area contributed by atoms with Gasteiger partial charge in [-0.15, -0.1) is 0 Å². The van der Waals surface area contributed by atoms with Gasteiger partial charge in [-0.05, 0) is 12.8 Å². The molecule has 0 aromatic carbocycles. The van der Waals surface area contributed by atoms with Crippen LogP contribution in [-0.2, 0) is 4.79 Å². The lowest BCUT2D eigenvalue weighted by molar-refractivity contribution is -0.132. The van der Waals surface area contributed by atoms with E-state index in [1.54, 1.807) is 6.08 Å². The van der Waals surface area contributed by atoms with E-state index >= 15 is 0 Å². The van der Waals surface area contributed by atoms with E-state index < -0.39 is 5.97 Å². The van der Waals surface area contributed by atoms with Crippen LogP contribution in [0.1, 0.15) is 26.7 Å². The minimum absolute atomic E-state index is 0. The van der Waals surface area contributed by atoms with Crippen molar-refractivity contribution in [3.63, 3.8) is 0 Å². The number of carboxylic acids is 1. The molecule has 0 unspecified atom stereocenters. The van der Waals surface area contributed by atoms with E-state index in [-0.39, 0.29) is 23.1 Å². The Kier molecular flexibility index (Phi) is 8.95. The van der Waals surface area contributed by atoms with Crippen LogP contribution in [0, 0.1) is 0 Å². The number of hydrogen-bond acceptors (Lipinski definition) is 1. The first kappa shape index (κ1) is 12.6. The van der Waals surface area contributed by atoms with Gasteiger partial charge < -0.3 is 5.11 Å². The maximum Gasteiger partial charge on any atom is 0.331 e. The summed E-state index contributed by atoms with van der Waals surface area (Å²) in [6.07, 6.45) is 3.15. The van der Waals surface area contributed by atoms with Crippen LogP contribution in [0.3, 0.4) is 0 Å². The van der Waals surface area contributed by atoms with Crippen LogP contribution in [0.4, 0.5) is 0 Å². The Hall–Kier alpha value is -0.0238. The molecule has 1 N–H and O–H groups in total. The Morgan fingerprint density at radius 2 is 2.00 bits per heavy atom. The molecule has 0 aliphatic carbocycles. The van der Waals surface area contributed by atoms with E-state index in [0.717, 1.165) is 6.42 Å². The second-order valence-corrected chi connectivity index (χ2v) is 1.80. The van der Waals surface area contributed by atoms with E-state index in [4.69, 9.17) is 5.11 Å². The third-order valence-corrected chi connectivity index (χ3v) is 1.11. The van der Waals surface area contributed by atoms with E-state index in [1.807, 2.05) is 13.8 Å². The first-order chi connectivity index (χ1) is 4.22. The molecule has 0 amide bonds. The summed E-state index contributed by atoms with van der Waals surface area (Å²) in [5.74, 6) is -0.792. The molecule has 10 heavy (non-hydrogen) atoms. The van der Waals surface area contributed by atoms with E-state index in [9.17, 15) is 4.79 Å². The van der Waals surface area contributed by atoms with Crippen molar-refractivity contribution in [2.75, 3.05) is 0 Å². The Balaban J connectivity index is 0. The highest BCUT2D eigenvalue weighted by Crippen LogP contribution is 2.00. The van der Waals surface area contributed by atoms with Gasteiger partial charge in [-0.25, -0.2) is 4.79 Å². The zero-order valence-corrected chi connectivity index (χ0v) is 5.85. The first-order valence-corrected chi connectivity index (χ1v) is 3.14. The predicted molar refractivity (Wildman–Crippen MR) is 44.8 cm³/mol. The van der Waals surface area contributed by atoms with E-state index in [2.05, 4.69) is 0 Å². The Morgan fingerprint density at radius 3 is 2.10 bits per heavy atom. The molecule has 0 atom stereocenters. The van der Waals surface area contributed by atoms with E-state index in [1.165, 1.54) is 0 Å². The first-order valence-electron chi connectivity index (χ1n) is 3.14. The van der Waals surface area contributed by atoms with Crippen molar-refractivity contribution in [3.05, 3.63) is 11.6 Å². The highest BCUT2D eigenvalue weighted by molar-refractivity contribution is 5.86. The summed E-state index contributed by atoms with van der Waals surface area (Å²) >= 11 is 0. The Labute approximate surface area is 77.5 Å². The molecule has 0 bridgehead atoms. The fourth-order valence-electron chi connectivity index (χ4n) is 0.629. The number of rotatable bonds is 3. The SMILES string of the molecule is CCC=C(CC)C(=O)O.[MgH2]. The minimum Gasteiger partial charge on any atom is -0.478 e. The van der Waals surface area contributed by atoms with Crippen LogP contribution in [0.25, 0.3) is 0 Å². The number of aliphatic carboxylic acids is 1. The summed E-state index contributed by atoms with van der Waals surface area (Å²) in [5.41, 5.74) is 0.512. The summed E-state index contributed by atoms with van der Waals surface area (Å²) in [5, 5.41) is 8.44. The smallest absolute Gasteiger partial charge is 0.331 e. The lowest BCUT2D eigenvalue weighted by Crippen LogP contribution is -1.98. The minimum atomic E-state index is -0.792. The molecular formula is C7H14MgO2. The molecule has 2 nitrogen and oxygen atoms in total. The molecule has 0 aromatic heterocycles. The maximum atomic E-state index is 10.3. The van der Waals surface area contributed by atoms with Crippen LogP contribution in [0.5, 0.6) is 0 Å². The molecule has 0 spiro atoms. The number of allylic oxidation sites excluding steroid dienone is 1. The summed E-state index contributed by atoms with van der Waals surface area (Å²) in [7, 11) is 0. The number of carbonyl (C=O) groups is 1. The van der Waals surface area contributed by atoms with Gasteiger partial charge in [0.2, 0.25) is 0 Å². The highest BCUT2D eigenvalue weighted by atomic mass is 24.3. The van der Waals surface area contributed by atoms with Crippen LogP contribution in [-0.4, -0.2) is 34.1 Å². The monoisotopic (exact) mass is 154 g/mol. The second-order valence-electron chi connectivity index (χ2n) is 1.80. The van der Waals surface area contributed by atoms with Gasteiger partial charge in [0.05, 0.1) is 0 Å². The topological polar surface area (TPSA) is 37.3 Å².